The maximum Gasteiger partial charge on any atom is 0.326 e. The number of hydrogen-bond acceptors (Lipinski definition) is 9. The zero-order chi connectivity index (χ0) is 25.1. The Labute approximate surface area is 196 Å². The van der Waals surface area contributed by atoms with E-state index in [1.54, 1.807) is 0 Å². The van der Waals surface area contributed by atoms with Gasteiger partial charge in [-0.15, -0.1) is 0 Å². The molecule has 1 aromatic carbocycles. The van der Waals surface area contributed by atoms with Gasteiger partial charge in [0.05, 0.1) is 12.1 Å². The van der Waals surface area contributed by atoms with Crippen molar-refractivity contribution in [3.8, 4) is 5.75 Å². The standard InChI is InChI=1S/C20H31N5O7S/c1-10(26)16(25-18(29)14(6-7-21)23-17(28)13(22)9-33)19(30)24-15(20(31)32)8-11-2-4-12(27)5-3-11/h2-5,10,13-16,26-27,33H,6-9,21-22H2,1H3,(H,23,28)(H,24,30)(H,25,29)(H,31,32)/t10-,13+,14+,15+,16+/m1/s1. The van der Waals surface area contributed by atoms with E-state index in [0.29, 0.717) is 5.56 Å². The van der Waals surface area contributed by atoms with Crippen LogP contribution in [0.1, 0.15) is 18.9 Å². The van der Waals surface area contributed by atoms with Crippen LogP contribution < -0.4 is 27.4 Å². The van der Waals surface area contributed by atoms with Gasteiger partial charge < -0.3 is 42.7 Å². The average molecular weight is 486 g/mol. The van der Waals surface area contributed by atoms with Gasteiger partial charge in [0.2, 0.25) is 17.7 Å². The molecule has 13 heteroatoms. The van der Waals surface area contributed by atoms with Crippen LogP contribution in [0.15, 0.2) is 24.3 Å². The number of amides is 3. The highest BCUT2D eigenvalue weighted by Gasteiger charge is 2.32. The van der Waals surface area contributed by atoms with E-state index in [9.17, 15) is 34.5 Å². The van der Waals surface area contributed by atoms with Crippen molar-refractivity contribution in [3.05, 3.63) is 29.8 Å². The van der Waals surface area contributed by atoms with Crippen LogP contribution in [0.2, 0.25) is 0 Å². The number of nitrogens with one attached hydrogen (secondary N) is 3. The molecule has 0 spiro atoms. The Kier molecular flexibility index (Phi) is 11.6. The first-order valence-electron chi connectivity index (χ1n) is 10.2. The molecular formula is C20H31N5O7S. The summed E-state index contributed by atoms with van der Waals surface area (Å²) in [5.74, 6) is -3.67. The van der Waals surface area contributed by atoms with Crippen LogP contribution in [0, 0.1) is 0 Å². The Morgan fingerprint density at radius 3 is 2.06 bits per heavy atom. The Morgan fingerprint density at radius 2 is 1.58 bits per heavy atom. The lowest BCUT2D eigenvalue weighted by atomic mass is 10.0. The van der Waals surface area contributed by atoms with Crippen molar-refractivity contribution in [1.29, 1.82) is 0 Å². The van der Waals surface area contributed by atoms with Crippen LogP contribution in [-0.2, 0) is 25.6 Å². The van der Waals surface area contributed by atoms with Crippen LogP contribution in [0.4, 0.5) is 0 Å². The van der Waals surface area contributed by atoms with Gasteiger partial charge in [0.15, 0.2) is 0 Å². The molecule has 0 aliphatic heterocycles. The summed E-state index contributed by atoms with van der Waals surface area (Å²) in [7, 11) is 0. The first-order valence-corrected chi connectivity index (χ1v) is 10.8. The molecule has 12 nitrogen and oxygen atoms in total. The Balaban J connectivity index is 2.92. The van der Waals surface area contributed by atoms with Crippen LogP contribution in [-0.4, -0.2) is 81.6 Å². The topological polar surface area (TPSA) is 217 Å². The van der Waals surface area contributed by atoms with Crippen molar-refractivity contribution in [1.82, 2.24) is 16.0 Å². The molecule has 0 bridgehead atoms. The van der Waals surface area contributed by atoms with Crippen molar-refractivity contribution in [2.75, 3.05) is 12.3 Å². The first-order chi connectivity index (χ1) is 15.5. The second kappa shape index (κ2) is 13.6. The predicted molar refractivity (Wildman–Crippen MR) is 122 cm³/mol. The number of phenolic OH excluding ortho intramolecular Hbond substituents is 1. The highest BCUT2D eigenvalue weighted by molar-refractivity contribution is 7.80. The fourth-order valence-corrected chi connectivity index (χ4v) is 2.95. The number of carboxylic acids is 1. The monoisotopic (exact) mass is 485 g/mol. The second-order valence-electron chi connectivity index (χ2n) is 7.42. The summed E-state index contributed by atoms with van der Waals surface area (Å²) in [6.45, 7) is 1.28. The molecule has 10 N–H and O–H groups in total. The van der Waals surface area contributed by atoms with E-state index >= 15 is 0 Å². The molecule has 0 aliphatic carbocycles. The third kappa shape index (κ3) is 9.26. The molecular weight excluding hydrogens is 454 g/mol. The maximum absolute atomic E-state index is 12.7. The molecule has 0 heterocycles. The number of hydrogen-bond donors (Lipinski definition) is 9. The molecule has 1 aromatic rings. The summed E-state index contributed by atoms with van der Waals surface area (Å²) in [5, 5.41) is 35.9. The van der Waals surface area contributed by atoms with Crippen LogP contribution in [0.5, 0.6) is 5.75 Å². The summed E-state index contributed by atoms with van der Waals surface area (Å²) >= 11 is 3.92. The van der Waals surface area contributed by atoms with Crippen LogP contribution in [0.3, 0.4) is 0 Å². The lowest BCUT2D eigenvalue weighted by Crippen LogP contribution is -2.60. The van der Waals surface area contributed by atoms with Gasteiger partial charge in [-0.1, -0.05) is 12.1 Å². The zero-order valence-electron chi connectivity index (χ0n) is 18.1. The van der Waals surface area contributed by atoms with E-state index < -0.39 is 54.0 Å². The second-order valence-corrected chi connectivity index (χ2v) is 7.79. The number of rotatable bonds is 13. The largest absolute Gasteiger partial charge is 0.508 e. The molecule has 0 saturated heterocycles. The van der Waals surface area contributed by atoms with Gasteiger partial charge >= 0.3 is 5.97 Å². The van der Waals surface area contributed by atoms with Crippen molar-refractivity contribution in [2.24, 2.45) is 11.5 Å². The van der Waals surface area contributed by atoms with Crippen LogP contribution >= 0.6 is 12.6 Å². The minimum absolute atomic E-state index is 0.000919. The minimum Gasteiger partial charge on any atom is -0.508 e. The molecule has 0 radical (unpaired) electrons. The Bertz CT molecular complexity index is 822. The number of carboxylic acid groups (broad SMARTS) is 1. The minimum atomic E-state index is -1.50. The van der Waals surface area contributed by atoms with E-state index in [4.69, 9.17) is 11.5 Å². The van der Waals surface area contributed by atoms with E-state index in [2.05, 4.69) is 28.6 Å². The average Bonchev–Trinajstić information content (AvgIpc) is 2.76. The molecule has 184 valence electrons. The number of thiol groups is 1. The molecule has 0 aliphatic rings. The van der Waals surface area contributed by atoms with Crippen molar-refractivity contribution in [2.45, 2.75) is 50.0 Å². The molecule has 33 heavy (non-hydrogen) atoms. The number of carbonyl (C=O) groups excluding carboxylic acids is 3. The highest BCUT2D eigenvalue weighted by atomic mass is 32.1. The lowest BCUT2D eigenvalue weighted by Gasteiger charge is -2.26. The zero-order valence-corrected chi connectivity index (χ0v) is 19.0. The maximum atomic E-state index is 12.7. The van der Waals surface area contributed by atoms with Gasteiger partial charge in [-0.25, -0.2) is 4.79 Å². The summed E-state index contributed by atoms with van der Waals surface area (Å²) < 4.78 is 0. The predicted octanol–water partition coefficient (Wildman–Crippen LogP) is -2.54. The molecule has 0 aromatic heterocycles. The Hall–Kier alpha value is -2.87. The van der Waals surface area contributed by atoms with Gasteiger partial charge in [0.25, 0.3) is 0 Å². The van der Waals surface area contributed by atoms with Crippen molar-refractivity contribution >= 4 is 36.3 Å². The van der Waals surface area contributed by atoms with Gasteiger partial charge in [-0.05, 0) is 37.6 Å². The van der Waals surface area contributed by atoms with Crippen LogP contribution in [0.25, 0.3) is 0 Å². The van der Waals surface area contributed by atoms with Crippen molar-refractivity contribution < 1.29 is 34.5 Å². The molecule has 0 unspecified atom stereocenters. The first kappa shape index (κ1) is 28.2. The third-order valence-corrected chi connectivity index (χ3v) is 5.07. The van der Waals surface area contributed by atoms with E-state index in [1.165, 1.54) is 31.2 Å². The normalized spacial score (nSPS) is 15.4. The fraction of sp³-hybridized carbons (Fsp3) is 0.500. The summed E-state index contributed by atoms with van der Waals surface area (Å²) in [6, 6.07) is 0.786. The highest BCUT2D eigenvalue weighted by Crippen LogP contribution is 2.12. The molecule has 0 fully saturated rings. The van der Waals surface area contributed by atoms with Crippen molar-refractivity contribution in [3.63, 3.8) is 0 Å². The number of carbonyl (C=O) groups is 4. The number of aliphatic carboxylic acids is 1. The smallest absolute Gasteiger partial charge is 0.326 e. The summed E-state index contributed by atoms with van der Waals surface area (Å²) in [6.07, 6.45) is -1.45. The van der Waals surface area contributed by atoms with Gasteiger partial charge in [-0.2, -0.15) is 12.6 Å². The number of benzene rings is 1. The Morgan fingerprint density at radius 1 is 1.00 bits per heavy atom. The number of aliphatic hydroxyl groups excluding tert-OH is 1. The fourth-order valence-electron chi connectivity index (χ4n) is 2.79. The van der Waals surface area contributed by atoms with E-state index in [0.717, 1.165) is 0 Å². The summed E-state index contributed by atoms with van der Waals surface area (Å²) in [5.41, 5.74) is 11.6. The third-order valence-electron chi connectivity index (χ3n) is 4.68. The van der Waals surface area contributed by atoms with E-state index in [1.807, 2.05) is 0 Å². The summed E-state index contributed by atoms with van der Waals surface area (Å²) in [4.78, 5) is 49.0. The number of phenols is 1. The number of aliphatic hydroxyl groups is 1. The van der Waals surface area contributed by atoms with Gasteiger partial charge in [0.1, 0.15) is 23.9 Å². The van der Waals surface area contributed by atoms with Gasteiger partial charge in [0, 0.05) is 12.2 Å². The molecule has 0 saturated carbocycles. The number of aromatic hydroxyl groups is 1. The quantitative estimate of drug-likeness (QED) is 0.134. The molecule has 3 amide bonds. The molecule has 5 atom stereocenters. The van der Waals surface area contributed by atoms with E-state index in [-0.39, 0.29) is 30.9 Å². The number of nitrogens with two attached hydrogens (primary N) is 2. The van der Waals surface area contributed by atoms with Gasteiger partial charge in [-0.3, -0.25) is 14.4 Å². The SMILES string of the molecule is C[C@@H](O)[C@H](NC(=O)[C@H](CCN)NC(=O)[C@@H](N)CS)C(=O)N[C@@H](Cc1ccc(O)cc1)C(=O)O. The lowest BCUT2D eigenvalue weighted by molar-refractivity contribution is -0.143. The molecule has 1 rings (SSSR count).